The van der Waals surface area contributed by atoms with Crippen LogP contribution in [0.5, 0.6) is 0 Å². The molecular formula is C13H23N3O3. The highest BCUT2D eigenvalue weighted by atomic mass is 16.5. The van der Waals surface area contributed by atoms with Crippen LogP contribution in [0.4, 0.5) is 0 Å². The molecule has 1 aromatic heterocycles. The Morgan fingerprint density at radius 3 is 2.79 bits per heavy atom. The van der Waals surface area contributed by atoms with Crippen molar-refractivity contribution >= 4 is 5.91 Å². The molecule has 0 saturated carbocycles. The summed E-state index contributed by atoms with van der Waals surface area (Å²) in [5.74, 6) is 0.778. The van der Waals surface area contributed by atoms with Crippen LogP contribution in [0, 0.1) is 13.8 Å². The van der Waals surface area contributed by atoms with E-state index in [-0.39, 0.29) is 11.9 Å². The Bertz CT molecular complexity index is 384. The molecule has 0 spiro atoms. The Hall–Kier alpha value is -1.40. The van der Waals surface area contributed by atoms with Gasteiger partial charge in [-0.3, -0.25) is 4.79 Å². The SMILES string of the molecule is COCCCNC(=O)C(C)NCc1c(C)noc1C. The van der Waals surface area contributed by atoms with Gasteiger partial charge in [-0.2, -0.15) is 0 Å². The maximum absolute atomic E-state index is 11.8. The maximum atomic E-state index is 11.8. The van der Waals surface area contributed by atoms with Crippen molar-refractivity contribution in [2.75, 3.05) is 20.3 Å². The lowest BCUT2D eigenvalue weighted by atomic mass is 10.2. The van der Waals surface area contributed by atoms with Gasteiger partial charge in [-0.25, -0.2) is 0 Å². The van der Waals surface area contributed by atoms with E-state index in [1.54, 1.807) is 7.11 Å². The Morgan fingerprint density at radius 2 is 2.21 bits per heavy atom. The highest BCUT2D eigenvalue weighted by molar-refractivity contribution is 5.81. The van der Waals surface area contributed by atoms with Gasteiger partial charge >= 0.3 is 0 Å². The lowest BCUT2D eigenvalue weighted by molar-refractivity contribution is -0.122. The van der Waals surface area contributed by atoms with Crippen molar-refractivity contribution in [3.63, 3.8) is 0 Å². The highest BCUT2D eigenvalue weighted by Gasteiger charge is 2.14. The van der Waals surface area contributed by atoms with Gasteiger partial charge in [0, 0.05) is 32.4 Å². The molecule has 0 aliphatic carbocycles. The van der Waals surface area contributed by atoms with Crippen LogP contribution in [-0.4, -0.2) is 37.4 Å². The Morgan fingerprint density at radius 1 is 1.47 bits per heavy atom. The van der Waals surface area contributed by atoms with Gasteiger partial charge in [0.05, 0.1) is 11.7 Å². The highest BCUT2D eigenvalue weighted by Crippen LogP contribution is 2.11. The summed E-state index contributed by atoms with van der Waals surface area (Å²) in [5, 5.41) is 9.90. The van der Waals surface area contributed by atoms with E-state index in [1.807, 2.05) is 20.8 Å². The van der Waals surface area contributed by atoms with Crippen molar-refractivity contribution in [2.45, 2.75) is 39.8 Å². The summed E-state index contributed by atoms with van der Waals surface area (Å²) in [6, 6.07) is -0.253. The van der Waals surface area contributed by atoms with Gasteiger partial charge in [0.15, 0.2) is 0 Å². The van der Waals surface area contributed by atoms with E-state index < -0.39 is 0 Å². The molecule has 19 heavy (non-hydrogen) atoms. The van der Waals surface area contributed by atoms with Gasteiger partial charge < -0.3 is 19.9 Å². The summed E-state index contributed by atoms with van der Waals surface area (Å²) >= 11 is 0. The molecule has 0 aliphatic rings. The molecule has 0 bridgehead atoms. The standard InChI is InChI=1S/C13H23N3O3/c1-9-12(11(3)19-16-9)8-15-10(2)13(17)14-6-5-7-18-4/h10,15H,5-8H2,1-4H3,(H,14,17). The van der Waals surface area contributed by atoms with Gasteiger partial charge in [-0.1, -0.05) is 5.16 Å². The number of carbonyl (C=O) groups excluding carboxylic acids is 1. The van der Waals surface area contributed by atoms with Gasteiger partial charge in [-0.15, -0.1) is 0 Å². The first-order valence-corrected chi connectivity index (χ1v) is 6.48. The zero-order valence-electron chi connectivity index (χ0n) is 12.1. The molecule has 1 unspecified atom stereocenters. The summed E-state index contributed by atoms with van der Waals surface area (Å²) in [6.45, 7) is 7.46. The molecule has 1 heterocycles. The van der Waals surface area contributed by atoms with Crippen LogP contribution in [0.3, 0.4) is 0 Å². The third-order valence-corrected chi connectivity index (χ3v) is 2.98. The third kappa shape index (κ3) is 5.00. The smallest absolute Gasteiger partial charge is 0.236 e. The number of amides is 1. The summed E-state index contributed by atoms with van der Waals surface area (Å²) in [4.78, 5) is 11.8. The number of hydrogen-bond donors (Lipinski definition) is 2. The first-order chi connectivity index (χ1) is 9.06. The first kappa shape index (κ1) is 15.7. The topological polar surface area (TPSA) is 76.4 Å². The molecule has 108 valence electrons. The molecule has 0 saturated heterocycles. The number of nitrogens with zero attached hydrogens (tertiary/aromatic N) is 1. The van der Waals surface area contributed by atoms with Gasteiger partial charge in [0.1, 0.15) is 5.76 Å². The van der Waals surface area contributed by atoms with Crippen LogP contribution in [0.2, 0.25) is 0 Å². The minimum Gasteiger partial charge on any atom is -0.385 e. The number of methoxy groups -OCH3 is 1. The average Bonchev–Trinajstić information content (AvgIpc) is 2.71. The fourth-order valence-electron chi connectivity index (χ4n) is 1.68. The molecule has 1 aromatic rings. The Labute approximate surface area is 113 Å². The second-order valence-electron chi connectivity index (χ2n) is 4.54. The first-order valence-electron chi connectivity index (χ1n) is 6.48. The lowest BCUT2D eigenvalue weighted by Crippen LogP contribution is -2.42. The Kier molecular flexibility index (Phi) is 6.52. The molecule has 0 aromatic carbocycles. The average molecular weight is 269 g/mol. The van der Waals surface area contributed by atoms with Crippen LogP contribution in [0.25, 0.3) is 0 Å². The van der Waals surface area contributed by atoms with Crippen molar-refractivity contribution in [3.8, 4) is 0 Å². The maximum Gasteiger partial charge on any atom is 0.236 e. The molecule has 0 aliphatic heterocycles. The monoisotopic (exact) mass is 269 g/mol. The van der Waals surface area contributed by atoms with Crippen LogP contribution in [0.1, 0.15) is 30.4 Å². The van der Waals surface area contributed by atoms with Gasteiger partial charge in [-0.05, 0) is 27.2 Å². The van der Waals surface area contributed by atoms with Crippen molar-refractivity contribution in [1.82, 2.24) is 15.8 Å². The quantitative estimate of drug-likeness (QED) is 0.686. The lowest BCUT2D eigenvalue weighted by Gasteiger charge is -2.13. The number of aromatic nitrogens is 1. The largest absolute Gasteiger partial charge is 0.385 e. The summed E-state index contributed by atoms with van der Waals surface area (Å²) in [5.41, 5.74) is 1.87. The molecule has 2 N–H and O–H groups in total. The number of hydrogen-bond acceptors (Lipinski definition) is 5. The zero-order chi connectivity index (χ0) is 14.3. The Balaban J connectivity index is 2.30. The second kappa shape index (κ2) is 7.91. The van der Waals surface area contributed by atoms with E-state index in [0.717, 1.165) is 23.4 Å². The van der Waals surface area contributed by atoms with Crippen LogP contribution in [-0.2, 0) is 16.1 Å². The van der Waals surface area contributed by atoms with Crippen LogP contribution < -0.4 is 10.6 Å². The van der Waals surface area contributed by atoms with Gasteiger partial charge in [0.25, 0.3) is 0 Å². The second-order valence-corrected chi connectivity index (χ2v) is 4.54. The molecule has 6 heteroatoms. The molecular weight excluding hydrogens is 246 g/mol. The van der Waals surface area contributed by atoms with E-state index in [2.05, 4.69) is 15.8 Å². The number of ether oxygens (including phenoxy) is 1. The van der Waals surface area contributed by atoms with Crippen molar-refractivity contribution in [1.29, 1.82) is 0 Å². The molecule has 6 nitrogen and oxygen atoms in total. The molecule has 0 radical (unpaired) electrons. The fraction of sp³-hybridized carbons (Fsp3) is 0.692. The van der Waals surface area contributed by atoms with Gasteiger partial charge in [0.2, 0.25) is 5.91 Å². The number of rotatable bonds is 8. The summed E-state index contributed by atoms with van der Waals surface area (Å²) in [7, 11) is 1.65. The summed E-state index contributed by atoms with van der Waals surface area (Å²) in [6.07, 6.45) is 0.818. The molecule has 1 rings (SSSR count). The fourth-order valence-corrected chi connectivity index (χ4v) is 1.68. The van der Waals surface area contributed by atoms with Crippen LogP contribution >= 0.6 is 0 Å². The third-order valence-electron chi connectivity index (χ3n) is 2.98. The van der Waals surface area contributed by atoms with E-state index in [4.69, 9.17) is 9.26 Å². The van der Waals surface area contributed by atoms with E-state index in [1.165, 1.54) is 0 Å². The number of aryl methyl sites for hydroxylation is 2. The predicted molar refractivity (Wildman–Crippen MR) is 71.8 cm³/mol. The van der Waals surface area contributed by atoms with Crippen LogP contribution in [0.15, 0.2) is 4.52 Å². The summed E-state index contributed by atoms with van der Waals surface area (Å²) < 4.78 is 10.00. The van der Waals surface area contributed by atoms with Crippen molar-refractivity contribution < 1.29 is 14.1 Å². The van der Waals surface area contributed by atoms with E-state index >= 15 is 0 Å². The molecule has 0 fully saturated rings. The normalized spacial score (nSPS) is 12.4. The zero-order valence-corrected chi connectivity index (χ0v) is 12.1. The predicted octanol–water partition coefficient (Wildman–Crippen LogP) is 0.922. The minimum absolute atomic E-state index is 0.0112. The van der Waals surface area contributed by atoms with Crippen molar-refractivity contribution in [3.05, 3.63) is 17.0 Å². The van der Waals surface area contributed by atoms with E-state index in [9.17, 15) is 4.79 Å². The number of nitrogens with one attached hydrogen (secondary N) is 2. The minimum atomic E-state index is -0.253. The molecule has 1 atom stereocenters. The van der Waals surface area contributed by atoms with E-state index in [0.29, 0.717) is 19.7 Å². The number of carbonyl (C=O) groups is 1. The molecule has 1 amide bonds. The van der Waals surface area contributed by atoms with Crippen molar-refractivity contribution in [2.24, 2.45) is 0 Å².